The summed E-state index contributed by atoms with van der Waals surface area (Å²) in [6.45, 7) is 3.93. The van der Waals surface area contributed by atoms with Crippen LogP contribution in [0.1, 0.15) is 20.3 Å². The summed E-state index contributed by atoms with van der Waals surface area (Å²) in [6.07, 6.45) is -4.74. The third kappa shape index (κ3) is 2.87. The SMILES string of the molecule is CC(C)[C@H](N)C(=O)C12CC1CN(C)C2C(=O)NC(=O)C(F)(F)F. The van der Waals surface area contributed by atoms with Crippen LogP contribution in [0.3, 0.4) is 0 Å². The first-order chi connectivity index (χ1) is 10.4. The Morgan fingerprint density at radius 3 is 2.35 bits per heavy atom. The Hall–Kier alpha value is -1.48. The molecule has 1 aliphatic heterocycles. The molecule has 0 aromatic heterocycles. The summed E-state index contributed by atoms with van der Waals surface area (Å²) >= 11 is 0. The highest BCUT2D eigenvalue weighted by molar-refractivity contribution is 6.05. The summed E-state index contributed by atoms with van der Waals surface area (Å²) in [6, 6.07) is -1.89. The Kier molecular flexibility index (Phi) is 4.31. The van der Waals surface area contributed by atoms with Crippen molar-refractivity contribution in [2.45, 2.75) is 38.5 Å². The number of alkyl halides is 3. The molecule has 0 aromatic carbocycles. The summed E-state index contributed by atoms with van der Waals surface area (Å²) in [5.74, 6) is -4.00. The molecule has 1 saturated carbocycles. The van der Waals surface area contributed by atoms with E-state index < -0.39 is 35.5 Å². The van der Waals surface area contributed by atoms with Crippen LogP contribution in [0.25, 0.3) is 0 Å². The lowest BCUT2D eigenvalue weighted by Crippen LogP contribution is -2.55. The number of carbonyl (C=O) groups excluding carboxylic acids is 3. The second-order valence-corrected chi connectivity index (χ2v) is 6.73. The Morgan fingerprint density at radius 2 is 1.87 bits per heavy atom. The predicted octanol–water partition coefficient (Wildman–Crippen LogP) is 0.0642. The number of nitrogens with one attached hydrogen (secondary N) is 1. The first-order valence-electron chi connectivity index (χ1n) is 7.35. The summed E-state index contributed by atoms with van der Waals surface area (Å²) < 4.78 is 37.0. The number of piperidine rings is 1. The van der Waals surface area contributed by atoms with Gasteiger partial charge in [0.05, 0.1) is 11.5 Å². The molecule has 6 nitrogen and oxygen atoms in total. The van der Waals surface area contributed by atoms with Gasteiger partial charge in [-0.05, 0) is 25.3 Å². The average molecular weight is 335 g/mol. The van der Waals surface area contributed by atoms with E-state index in [1.54, 1.807) is 20.9 Å². The molecule has 9 heteroatoms. The third-order valence-electron chi connectivity index (χ3n) is 4.81. The fraction of sp³-hybridized carbons (Fsp3) is 0.786. The van der Waals surface area contributed by atoms with E-state index >= 15 is 0 Å². The van der Waals surface area contributed by atoms with Gasteiger partial charge in [0.25, 0.3) is 0 Å². The average Bonchev–Trinajstić information content (AvgIpc) is 3.02. The number of hydrogen-bond acceptors (Lipinski definition) is 5. The van der Waals surface area contributed by atoms with Crippen LogP contribution in [0.4, 0.5) is 13.2 Å². The van der Waals surface area contributed by atoms with Crippen molar-refractivity contribution in [2.75, 3.05) is 13.6 Å². The smallest absolute Gasteiger partial charge is 0.321 e. The van der Waals surface area contributed by atoms with Crippen molar-refractivity contribution in [3.63, 3.8) is 0 Å². The molecule has 2 aliphatic rings. The third-order valence-corrected chi connectivity index (χ3v) is 4.81. The van der Waals surface area contributed by atoms with E-state index in [9.17, 15) is 27.6 Å². The minimum absolute atomic E-state index is 0.110. The van der Waals surface area contributed by atoms with Gasteiger partial charge in [0.1, 0.15) is 6.04 Å². The number of Topliss-reactive ketones (excluding diaryl/α,β-unsaturated/α-hetero) is 1. The number of rotatable bonds is 4. The largest absolute Gasteiger partial charge is 0.471 e. The molecule has 0 bridgehead atoms. The molecular weight excluding hydrogens is 315 g/mol. The molecule has 3 unspecified atom stereocenters. The fourth-order valence-corrected chi connectivity index (χ4v) is 3.49. The van der Waals surface area contributed by atoms with Crippen LogP contribution in [0, 0.1) is 17.3 Å². The van der Waals surface area contributed by atoms with E-state index in [1.165, 1.54) is 10.2 Å². The first-order valence-corrected chi connectivity index (χ1v) is 7.35. The standard InChI is InChI=1S/C14H20F3N3O3/c1-6(2)8(18)10(21)13-4-7(13)5-20(3)9(13)11(22)19-12(23)14(15,16)17/h6-9H,4-5,18H2,1-3H3,(H,19,22,23)/t7?,8-,9?,13?/m0/s1. The van der Waals surface area contributed by atoms with Gasteiger partial charge < -0.3 is 5.73 Å². The highest BCUT2D eigenvalue weighted by Gasteiger charge is 2.72. The number of ketones is 1. The van der Waals surface area contributed by atoms with Crippen molar-refractivity contribution in [3.05, 3.63) is 0 Å². The molecule has 2 amide bonds. The Bertz CT molecular complexity index is 549. The number of fused-ring (bicyclic) bond motifs is 1. The van der Waals surface area contributed by atoms with E-state index in [1.807, 2.05) is 0 Å². The number of halogens is 3. The Labute approximate surface area is 131 Å². The van der Waals surface area contributed by atoms with Gasteiger partial charge in [-0.3, -0.25) is 24.6 Å². The molecule has 1 aliphatic carbocycles. The molecule has 1 saturated heterocycles. The van der Waals surface area contributed by atoms with Gasteiger partial charge >= 0.3 is 12.1 Å². The molecule has 2 rings (SSSR count). The van der Waals surface area contributed by atoms with Crippen LogP contribution in [0.15, 0.2) is 0 Å². The monoisotopic (exact) mass is 335 g/mol. The second kappa shape index (κ2) is 5.55. The van der Waals surface area contributed by atoms with E-state index in [-0.39, 0.29) is 17.6 Å². The van der Waals surface area contributed by atoms with Crippen molar-refractivity contribution >= 4 is 17.6 Å². The summed E-state index contributed by atoms with van der Waals surface area (Å²) in [5.41, 5.74) is 4.81. The van der Waals surface area contributed by atoms with Crippen molar-refractivity contribution < 1.29 is 27.6 Å². The maximum absolute atomic E-state index is 12.7. The molecule has 2 fully saturated rings. The lowest BCUT2D eigenvalue weighted by Gasteiger charge is -2.29. The van der Waals surface area contributed by atoms with Crippen LogP contribution >= 0.6 is 0 Å². The second-order valence-electron chi connectivity index (χ2n) is 6.73. The van der Waals surface area contributed by atoms with Gasteiger partial charge in [0.15, 0.2) is 5.78 Å². The molecule has 0 aromatic rings. The van der Waals surface area contributed by atoms with Crippen LogP contribution in [0.5, 0.6) is 0 Å². The van der Waals surface area contributed by atoms with Gasteiger partial charge in [-0.2, -0.15) is 13.2 Å². The van der Waals surface area contributed by atoms with E-state index in [4.69, 9.17) is 5.73 Å². The zero-order chi connectivity index (χ0) is 17.7. The van der Waals surface area contributed by atoms with Crippen molar-refractivity contribution in [1.82, 2.24) is 10.2 Å². The highest BCUT2D eigenvalue weighted by atomic mass is 19.4. The van der Waals surface area contributed by atoms with Crippen molar-refractivity contribution in [1.29, 1.82) is 0 Å². The lowest BCUT2D eigenvalue weighted by atomic mass is 9.83. The maximum Gasteiger partial charge on any atom is 0.471 e. The summed E-state index contributed by atoms with van der Waals surface area (Å²) in [5, 5.41) is 1.36. The molecule has 0 radical (unpaired) electrons. The van der Waals surface area contributed by atoms with Gasteiger partial charge in [-0.1, -0.05) is 13.8 Å². The summed E-state index contributed by atoms with van der Waals surface area (Å²) in [7, 11) is 1.55. The maximum atomic E-state index is 12.7. The number of likely N-dealkylation sites (tertiary alicyclic amines) is 1. The molecule has 23 heavy (non-hydrogen) atoms. The molecule has 0 spiro atoms. The Balaban J connectivity index is 2.21. The van der Waals surface area contributed by atoms with Gasteiger partial charge in [-0.25, -0.2) is 0 Å². The predicted molar refractivity (Wildman–Crippen MR) is 74.0 cm³/mol. The van der Waals surface area contributed by atoms with Gasteiger partial charge in [-0.15, -0.1) is 0 Å². The topological polar surface area (TPSA) is 92.5 Å². The van der Waals surface area contributed by atoms with Crippen molar-refractivity contribution in [3.8, 4) is 0 Å². The number of amides is 2. The van der Waals surface area contributed by atoms with E-state index in [2.05, 4.69) is 0 Å². The highest BCUT2D eigenvalue weighted by Crippen LogP contribution is 2.62. The number of likely N-dealkylation sites (N-methyl/N-ethyl adjacent to an activating group) is 1. The number of imide groups is 1. The van der Waals surface area contributed by atoms with Gasteiger partial charge in [0.2, 0.25) is 5.91 Å². The molecule has 3 N–H and O–H groups in total. The van der Waals surface area contributed by atoms with Crippen LogP contribution < -0.4 is 11.1 Å². The lowest BCUT2D eigenvalue weighted by molar-refractivity contribution is -0.175. The Morgan fingerprint density at radius 1 is 1.30 bits per heavy atom. The van der Waals surface area contributed by atoms with E-state index in [0.717, 1.165) is 0 Å². The van der Waals surface area contributed by atoms with Crippen LogP contribution in [-0.4, -0.2) is 54.3 Å². The zero-order valence-electron chi connectivity index (χ0n) is 13.1. The van der Waals surface area contributed by atoms with Gasteiger partial charge in [0, 0.05) is 6.54 Å². The zero-order valence-corrected chi connectivity index (χ0v) is 13.1. The van der Waals surface area contributed by atoms with Crippen molar-refractivity contribution in [2.24, 2.45) is 23.0 Å². The van der Waals surface area contributed by atoms with Crippen LogP contribution in [-0.2, 0) is 14.4 Å². The van der Waals surface area contributed by atoms with E-state index in [0.29, 0.717) is 13.0 Å². The number of carbonyl (C=O) groups is 3. The minimum Gasteiger partial charge on any atom is -0.321 e. The number of hydrogen-bond donors (Lipinski definition) is 2. The molecular formula is C14H20F3N3O3. The fourth-order valence-electron chi connectivity index (χ4n) is 3.49. The number of nitrogens with zero attached hydrogens (tertiary/aromatic N) is 1. The minimum atomic E-state index is -5.15. The molecule has 1 heterocycles. The normalized spacial score (nSPS) is 31.7. The quantitative estimate of drug-likeness (QED) is 0.758. The first kappa shape index (κ1) is 17.9. The molecule has 4 atom stereocenters. The molecule has 130 valence electrons. The number of nitrogens with two attached hydrogens (primary N) is 1. The summed E-state index contributed by atoms with van der Waals surface area (Å²) in [4.78, 5) is 37.3. The van der Waals surface area contributed by atoms with Crippen LogP contribution in [0.2, 0.25) is 0 Å².